The minimum atomic E-state index is -0.732. The smallest absolute Gasteiger partial charge is 0.405 e. The second-order valence-corrected chi connectivity index (χ2v) is 4.38. The molecular weight excluding hydrogens is 170 g/mol. The van der Waals surface area contributed by atoms with Crippen LogP contribution in [0.1, 0.15) is 33.1 Å². The molecule has 0 radical (unpaired) electrons. The number of aliphatic hydroxyl groups excluding tert-OH is 1. The normalized spacial score (nSPS) is 27.9. The Morgan fingerprint density at radius 2 is 2.15 bits per heavy atom. The monoisotopic (exact) mass is 187 g/mol. The molecule has 1 fully saturated rings. The molecule has 0 spiro atoms. The summed E-state index contributed by atoms with van der Waals surface area (Å²) in [4.78, 5) is 10.5. The van der Waals surface area contributed by atoms with Gasteiger partial charge in [0.2, 0.25) is 0 Å². The summed E-state index contributed by atoms with van der Waals surface area (Å²) in [5.74, 6) is 0.462. The van der Waals surface area contributed by atoms with Crippen LogP contribution < -0.4 is 5.73 Å². The maximum absolute atomic E-state index is 10.5. The van der Waals surface area contributed by atoms with E-state index in [-0.39, 0.29) is 6.10 Å². The molecule has 0 bridgehead atoms. The topological polar surface area (TPSA) is 72.6 Å². The van der Waals surface area contributed by atoms with E-state index < -0.39 is 11.7 Å². The summed E-state index contributed by atoms with van der Waals surface area (Å²) >= 11 is 0. The number of hydrogen-bond acceptors (Lipinski definition) is 3. The highest BCUT2D eigenvalue weighted by Gasteiger charge is 2.34. The molecule has 0 saturated heterocycles. The lowest BCUT2D eigenvalue weighted by Gasteiger charge is -2.36. The van der Waals surface area contributed by atoms with Crippen LogP contribution in [0.2, 0.25) is 0 Å². The fourth-order valence-corrected chi connectivity index (χ4v) is 1.88. The molecule has 76 valence electrons. The number of hydrogen-bond donors (Lipinski definition) is 2. The van der Waals surface area contributed by atoms with Crippen LogP contribution in [0, 0.1) is 5.92 Å². The fourth-order valence-electron chi connectivity index (χ4n) is 1.88. The lowest BCUT2D eigenvalue weighted by Crippen LogP contribution is -2.38. The van der Waals surface area contributed by atoms with Gasteiger partial charge in [-0.15, -0.1) is 0 Å². The lowest BCUT2D eigenvalue weighted by atomic mass is 9.76. The number of amides is 1. The van der Waals surface area contributed by atoms with Gasteiger partial charge in [-0.25, -0.2) is 4.79 Å². The van der Waals surface area contributed by atoms with Crippen molar-refractivity contribution in [2.24, 2.45) is 11.7 Å². The molecule has 0 aliphatic heterocycles. The van der Waals surface area contributed by atoms with Crippen LogP contribution in [-0.2, 0) is 4.74 Å². The summed E-state index contributed by atoms with van der Waals surface area (Å²) in [6, 6.07) is 0. The average molecular weight is 187 g/mol. The zero-order chi connectivity index (χ0) is 10.1. The summed E-state index contributed by atoms with van der Waals surface area (Å²) < 4.78 is 4.94. The van der Waals surface area contributed by atoms with Gasteiger partial charge in [0.15, 0.2) is 0 Å². The third-order valence-electron chi connectivity index (χ3n) is 2.37. The molecule has 0 heterocycles. The second-order valence-electron chi connectivity index (χ2n) is 4.38. The first-order valence-electron chi connectivity index (χ1n) is 4.55. The number of nitrogens with two attached hydrogens (primary N) is 1. The van der Waals surface area contributed by atoms with Gasteiger partial charge >= 0.3 is 6.09 Å². The predicted octanol–water partition coefficient (Wildman–Crippen LogP) is 1.02. The quantitative estimate of drug-likeness (QED) is 0.692. The number of ether oxygens (including phenoxy) is 1. The molecule has 1 saturated carbocycles. The van der Waals surface area contributed by atoms with Crippen molar-refractivity contribution < 1.29 is 14.6 Å². The van der Waals surface area contributed by atoms with E-state index >= 15 is 0 Å². The van der Waals surface area contributed by atoms with Crippen molar-refractivity contribution in [2.75, 3.05) is 0 Å². The Kier molecular flexibility index (Phi) is 2.81. The number of rotatable bonds is 3. The van der Waals surface area contributed by atoms with Crippen LogP contribution in [0.5, 0.6) is 0 Å². The highest BCUT2D eigenvalue weighted by atomic mass is 16.6. The van der Waals surface area contributed by atoms with Crippen LogP contribution in [0.4, 0.5) is 4.79 Å². The first-order chi connectivity index (χ1) is 5.89. The van der Waals surface area contributed by atoms with Gasteiger partial charge in [0.1, 0.15) is 5.60 Å². The van der Waals surface area contributed by atoms with Gasteiger partial charge in [0.05, 0.1) is 6.10 Å². The van der Waals surface area contributed by atoms with Gasteiger partial charge in [-0.05, 0) is 39.0 Å². The standard InChI is InChI=1S/C9H17NO3/c1-9(2,13-8(10)12)5-6-3-7(11)4-6/h6-7,11H,3-5H2,1-2H3,(H2,10,12). The van der Waals surface area contributed by atoms with Crippen molar-refractivity contribution in [1.29, 1.82) is 0 Å². The van der Waals surface area contributed by atoms with E-state index in [1.807, 2.05) is 13.8 Å². The van der Waals surface area contributed by atoms with Gasteiger partial charge in [-0.2, -0.15) is 0 Å². The summed E-state index contributed by atoms with van der Waals surface area (Å²) in [6.45, 7) is 3.67. The molecule has 1 amide bonds. The van der Waals surface area contributed by atoms with E-state index in [4.69, 9.17) is 15.6 Å². The minimum absolute atomic E-state index is 0.158. The van der Waals surface area contributed by atoms with Gasteiger partial charge in [-0.3, -0.25) is 0 Å². The second kappa shape index (κ2) is 3.54. The molecule has 0 aromatic rings. The first kappa shape index (κ1) is 10.3. The molecule has 1 aliphatic carbocycles. The maximum Gasteiger partial charge on any atom is 0.405 e. The Morgan fingerprint density at radius 1 is 1.62 bits per heavy atom. The molecule has 0 unspecified atom stereocenters. The lowest BCUT2D eigenvalue weighted by molar-refractivity contribution is -0.0211. The number of carbonyl (C=O) groups is 1. The van der Waals surface area contributed by atoms with Crippen molar-refractivity contribution >= 4 is 6.09 Å². The zero-order valence-electron chi connectivity index (χ0n) is 8.12. The molecule has 13 heavy (non-hydrogen) atoms. The molecule has 0 aromatic carbocycles. The van der Waals surface area contributed by atoms with Crippen LogP contribution in [0.3, 0.4) is 0 Å². The van der Waals surface area contributed by atoms with Crippen LogP contribution >= 0.6 is 0 Å². The number of carbonyl (C=O) groups excluding carboxylic acids is 1. The van der Waals surface area contributed by atoms with E-state index in [0.717, 1.165) is 19.3 Å². The highest BCUT2D eigenvalue weighted by molar-refractivity contribution is 5.65. The van der Waals surface area contributed by atoms with Crippen LogP contribution in [0.25, 0.3) is 0 Å². The Bertz CT molecular complexity index is 197. The fraction of sp³-hybridized carbons (Fsp3) is 0.889. The molecule has 0 atom stereocenters. The first-order valence-corrected chi connectivity index (χ1v) is 4.55. The predicted molar refractivity (Wildman–Crippen MR) is 48.1 cm³/mol. The Morgan fingerprint density at radius 3 is 2.54 bits per heavy atom. The van der Waals surface area contributed by atoms with E-state index in [9.17, 15) is 4.79 Å². The number of aliphatic hydroxyl groups is 1. The van der Waals surface area contributed by atoms with E-state index in [2.05, 4.69) is 0 Å². The Balaban J connectivity index is 2.29. The summed E-state index contributed by atoms with van der Waals surface area (Å²) in [6.07, 6.45) is 1.50. The van der Waals surface area contributed by atoms with Gasteiger partial charge < -0.3 is 15.6 Å². The molecule has 3 N–H and O–H groups in total. The Labute approximate surface area is 78.1 Å². The van der Waals surface area contributed by atoms with Crippen molar-refractivity contribution in [3.63, 3.8) is 0 Å². The van der Waals surface area contributed by atoms with E-state index in [1.165, 1.54) is 0 Å². The molecule has 0 aromatic heterocycles. The van der Waals surface area contributed by atoms with Gasteiger partial charge in [0.25, 0.3) is 0 Å². The van der Waals surface area contributed by atoms with Crippen LogP contribution in [0.15, 0.2) is 0 Å². The van der Waals surface area contributed by atoms with Gasteiger partial charge in [0, 0.05) is 0 Å². The van der Waals surface area contributed by atoms with E-state index in [0.29, 0.717) is 5.92 Å². The Hall–Kier alpha value is -0.770. The minimum Gasteiger partial charge on any atom is -0.444 e. The van der Waals surface area contributed by atoms with E-state index in [1.54, 1.807) is 0 Å². The molecule has 1 rings (SSSR count). The maximum atomic E-state index is 10.5. The molecule has 4 nitrogen and oxygen atoms in total. The molecule has 1 aliphatic rings. The number of primary amides is 1. The van der Waals surface area contributed by atoms with Crippen molar-refractivity contribution in [2.45, 2.75) is 44.8 Å². The SMILES string of the molecule is CC(C)(CC1CC(O)C1)OC(N)=O. The van der Waals surface area contributed by atoms with Gasteiger partial charge in [-0.1, -0.05) is 0 Å². The molecule has 4 heteroatoms. The summed E-state index contributed by atoms with van der Waals surface area (Å²) in [5, 5.41) is 9.06. The van der Waals surface area contributed by atoms with Crippen molar-refractivity contribution in [3.05, 3.63) is 0 Å². The summed E-state index contributed by atoms with van der Waals surface area (Å²) in [5.41, 5.74) is 4.43. The zero-order valence-corrected chi connectivity index (χ0v) is 8.12. The molecular formula is C9H17NO3. The van der Waals surface area contributed by atoms with Crippen molar-refractivity contribution in [3.8, 4) is 0 Å². The average Bonchev–Trinajstić information content (AvgIpc) is 1.79. The third kappa shape index (κ3) is 3.22. The van der Waals surface area contributed by atoms with Crippen LogP contribution in [-0.4, -0.2) is 22.9 Å². The highest BCUT2D eigenvalue weighted by Crippen LogP contribution is 2.35. The van der Waals surface area contributed by atoms with Crippen molar-refractivity contribution in [1.82, 2.24) is 0 Å². The summed E-state index contributed by atoms with van der Waals surface area (Å²) in [7, 11) is 0. The third-order valence-corrected chi connectivity index (χ3v) is 2.37. The largest absolute Gasteiger partial charge is 0.444 e.